The minimum Gasteiger partial charge on any atom is -0.469 e. The average molecular weight is 717 g/mol. The molecule has 276 valence electrons. The predicted molar refractivity (Wildman–Crippen MR) is 206 cm³/mol. The lowest BCUT2D eigenvalue weighted by molar-refractivity contribution is -0.141. The fraction of sp³-hybridized carbons (Fsp3) is 0.357. The second-order valence-electron chi connectivity index (χ2n) is 13.8. The van der Waals surface area contributed by atoms with E-state index < -0.39 is 5.97 Å². The maximum absolute atomic E-state index is 14.3. The van der Waals surface area contributed by atoms with Crippen LogP contribution in [-0.2, 0) is 38.4 Å². The SMILES string of the molecule is C=Cc1c2[nH]c(c1C)C=C1N=C(C(CC(=O)OC)=c3[nH]c(c(C)c3C(=O)NCc3ccncc3)=Cc3[nH]c(c(C)c3CC)C2)[C@@H](CCC(=O)OC)[C@@H]1C. The van der Waals surface area contributed by atoms with Gasteiger partial charge in [0.1, 0.15) is 0 Å². The van der Waals surface area contributed by atoms with Gasteiger partial charge in [0.2, 0.25) is 0 Å². The van der Waals surface area contributed by atoms with Crippen molar-refractivity contribution < 1.29 is 23.9 Å². The number of aliphatic imine (C=N–C) groups is 1. The summed E-state index contributed by atoms with van der Waals surface area (Å²) in [7, 11) is 2.72. The van der Waals surface area contributed by atoms with Crippen LogP contribution in [0.15, 0.2) is 41.8 Å². The third-order valence-electron chi connectivity index (χ3n) is 10.9. The number of allylic oxidation sites excluding steroid dienone is 1. The molecule has 8 bridgehead atoms. The Bertz CT molecular complexity index is 2280. The van der Waals surface area contributed by atoms with Crippen molar-refractivity contribution in [1.29, 1.82) is 0 Å². The van der Waals surface area contributed by atoms with Gasteiger partial charge in [-0.15, -0.1) is 0 Å². The number of hydrogen-bond donors (Lipinski definition) is 4. The molecule has 0 aliphatic carbocycles. The Labute approximate surface area is 309 Å². The second kappa shape index (κ2) is 15.5. The van der Waals surface area contributed by atoms with Gasteiger partial charge in [-0.2, -0.15) is 0 Å². The van der Waals surface area contributed by atoms with Crippen molar-refractivity contribution in [3.8, 4) is 0 Å². The Morgan fingerprint density at radius 3 is 2.36 bits per heavy atom. The molecule has 4 aromatic rings. The molecular formula is C42H48N6O5. The van der Waals surface area contributed by atoms with Crippen molar-refractivity contribution in [2.75, 3.05) is 14.2 Å². The van der Waals surface area contributed by atoms with Crippen LogP contribution in [-0.4, -0.2) is 57.7 Å². The van der Waals surface area contributed by atoms with E-state index in [1.54, 1.807) is 12.4 Å². The highest BCUT2D eigenvalue weighted by molar-refractivity contribution is 6.24. The van der Waals surface area contributed by atoms with Crippen LogP contribution in [0.4, 0.5) is 0 Å². The van der Waals surface area contributed by atoms with E-state index in [4.69, 9.17) is 14.5 Å². The third-order valence-corrected chi connectivity index (χ3v) is 10.9. The zero-order valence-corrected chi connectivity index (χ0v) is 31.6. The number of ether oxygens (including phenoxy) is 2. The molecule has 0 saturated carbocycles. The van der Waals surface area contributed by atoms with Crippen molar-refractivity contribution in [3.63, 3.8) is 0 Å². The lowest BCUT2D eigenvalue weighted by atomic mass is 9.82. The smallest absolute Gasteiger partial charge is 0.310 e. The molecule has 0 fully saturated rings. The van der Waals surface area contributed by atoms with Crippen LogP contribution in [0.3, 0.4) is 0 Å². The molecule has 53 heavy (non-hydrogen) atoms. The molecule has 11 nitrogen and oxygen atoms in total. The number of nitrogens with one attached hydrogen (secondary N) is 4. The molecule has 0 spiro atoms. The molecule has 2 aliphatic heterocycles. The molecule has 0 saturated heterocycles. The maximum Gasteiger partial charge on any atom is 0.310 e. The van der Waals surface area contributed by atoms with E-state index in [0.717, 1.165) is 62.5 Å². The molecule has 11 heteroatoms. The zero-order chi connectivity index (χ0) is 38.0. The highest BCUT2D eigenvalue weighted by atomic mass is 16.5. The molecule has 0 unspecified atom stereocenters. The molecule has 0 radical (unpaired) electrons. The second-order valence-corrected chi connectivity index (χ2v) is 13.8. The molecule has 6 rings (SSSR count). The Balaban J connectivity index is 1.69. The molecular weight excluding hydrogens is 668 g/mol. The number of carbonyl (C=O) groups excluding carboxylic acids is 3. The Morgan fingerprint density at radius 2 is 1.68 bits per heavy atom. The normalized spacial score (nSPS) is 16.4. The van der Waals surface area contributed by atoms with Gasteiger partial charge in [-0.3, -0.25) is 24.4 Å². The van der Waals surface area contributed by atoms with Gasteiger partial charge in [0.05, 0.1) is 37.3 Å². The molecule has 1 amide bonds. The number of amides is 1. The fourth-order valence-corrected chi connectivity index (χ4v) is 7.74. The summed E-state index contributed by atoms with van der Waals surface area (Å²) in [5, 5.41) is 4.31. The molecule has 2 atom stereocenters. The lowest BCUT2D eigenvalue weighted by Crippen LogP contribution is -2.32. The van der Waals surface area contributed by atoms with Crippen LogP contribution in [0.1, 0.15) is 99.6 Å². The van der Waals surface area contributed by atoms with Crippen LogP contribution >= 0.6 is 0 Å². The van der Waals surface area contributed by atoms with Crippen LogP contribution < -0.4 is 16.0 Å². The van der Waals surface area contributed by atoms with Gasteiger partial charge in [-0.05, 0) is 91.3 Å². The number of esters is 2. The molecule has 4 aromatic heterocycles. The van der Waals surface area contributed by atoms with Gasteiger partial charge in [-0.25, -0.2) is 0 Å². The lowest BCUT2D eigenvalue weighted by Gasteiger charge is -2.19. The number of carbonyl (C=O) groups is 3. The molecule has 4 N–H and O–H groups in total. The minimum atomic E-state index is -0.479. The van der Waals surface area contributed by atoms with Crippen LogP contribution in [0.25, 0.3) is 23.8 Å². The molecule has 6 heterocycles. The van der Waals surface area contributed by atoms with Crippen LogP contribution in [0.5, 0.6) is 0 Å². The molecule has 2 aliphatic rings. The van der Waals surface area contributed by atoms with Gasteiger partial charge in [0.15, 0.2) is 0 Å². The Morgan fingerprint density at radius 1 is 0.962 bits per heavy atom. The highest BCUT2D eigenvalue weighted by Crippen LogP contribution is 2.39. The monoisotopic (exact) mass is 716 g/mol. The van der Waals surface area contributed by atoms with Gasteiger partial charge in [0, 0.05) is 83.0 Å². The van der Waals surface area contributed by atoms with Crippen LogP contribution in [0.2, 0.25) is 0 Å². The topological polar surface area (TPSA) is 154 Å². The van der Waals surface area contributed by atoms with Crippen molar-refractivity contribution in [1.82, 2.24) is 25.3 Å². The number of methoxy groups -OCH3 is 2. The summed E-state index contributed by atoms with van der Waals surface area (Å²) in [5.74, 6) is -1.52. The number of pyridine rings is 1. The fourth-order valence-electron chi connectivity index (χ4n) is 7.74. The Kier molecular flexibility index (Phi) is 10.8. The predicted octanol–water partition coefficient (Wildman–Crippen LogP) is 5.27. The first kappa shape index (κ1) is 37.1. The summed E-state index contributed by atoms with van der Waals surface area (Å²) >= 11 is 0. The molecule has 0 aromatic carbocycles. The third kappa shape index (κ3) is 7.20. The maximum atomic E-state index is 14.3. The van der Waals surface area contributed by atoms with E-state index in [1.165, 1.54) is 25.3 Å². The number of fused-ring (bicyclic) bond motifs is 7. The first-order chi connectivity index (χ1) is 25.5. The summed E-state index contributed by atoms with van der Waals surface area (Å²) in [6, 6.07) is 3.70. The number of H-pyrrole nitrogens is 3. The van der Waals surface area contributed by atoms with E-state index in [9.17, 15) is 14.4 Å². The number of aromatic nitrogens is 4. The van der Waals surface area contributed by atoms with E-state index in [1.807, 2.05) is 31.2 Å². The van der Waals surface area contributed by atoms with Crippen molar-refractivity contribution in [3.05, 3.63) is 109 Å². The van der Waals surface area contributed by atoms with E-state index >= 15 is 0 Å². The van der Waals surface area contributed by atoms with Crippen molar-refractivity contribution >= 4 is 47.4 Å². The van der Waals surface area contributed by atoms with E-state index in [2.05, 4.69) is 65.6 Å². The summed E-state index contributed by atoms with van der Waals surface area (Å²) in [6.45, 7) is 14.8. The largest absolute Gasteiger partial charge is 0.469 e. The van der Waals surface area contributed by atoms with Gasteiger partial charge < -0.3 is 29.7 Å². The van der Waals surface area contributed by atoms with Crippen molar-refractivity contribution in [2.45, 2.75) is 73.3 Å². The van der Waals surface area contributed by atoms with Gasteiger partial charge in [0.25, 0.3) is 5.91 Å². The van der Waals surface area contributed by atoms with Gasteiger partial charge in [-0.1, -0.05) is 26.5 Å². The highest BCUT2D eigenvalue weighted by Gasteiger charge is 2.36. The first-order valence-corrected chi connectivity index (χ1v) is 18.1. The van der Waals surface area contributed by atoms with Crippen molar-refractivity contribution in [2.24, 2.45) is 16.8 Å². The number of nitrogens with zero attached hydrogens (tertiary/aromatic N) is 2. The Hall–Kier alpha value is -5.71. The van der Waals surface area contributed by atoms with Gasteiger partial charge >= 0.3 is 11.9 Å². The number of aromatic amines is 3. The first-order valence-electron chi connectivity index (χ1n) is 18.1. The van der Waals surface area contributed by atoms with E-state index in [-0.39, 0.29) is 43.1 Å². The standard InChI is InChI=1S/C42H48N6O5/c1-9-27-22(3)31-18-33-24(5)29(11-12-37(49)52-7)40(47-33)30(17-38(50)53-8)41-39(42(51)44-21-26-13-15-43-16-14-26)25(6)34(48-41)20-36-28(10-2)23(4)32(46-36)19-35(27)45-31/h9,13-16,18,20,24,29,45-46,48H,1,10-12,17,19,21H2,2-8H3,(H,44,51)/t24-,29-/m0/s1. The number of hydrogen-bond acceptors (Lipinski definition) is 7. The summed E-state index contributed by atoms with van der Waals surface area (Å²) < 4.78 is 10.3. The minimum absolute atomic E-state index is 0.137. The summed E-state index contributed by atoms with van der Waals surface area (Å²) in [4.78, 5) is 60.4. The number of rotatable bonds is 10. The van der Waals surface area contributed by atoms with E-state index in [0.29, 0.717) is 35.0 Å². The zero-order valence-electron chi connectivity index (χ0n) is 31.6. The summed E-state index contributed by atoms with van der Waals surface area (Å²) in [6.07, 6.45) is 11.2. The van der Waals surface area contributed by atoms with Crippen LogP contribution in [0, 0.1) is 32.6 Å². The summed E-state index contributed by atoms with van der Waals surface area (Å²) in [5.41, 5.74) is 12.4. The average Bonchev–Trinajstić information content (AvgIpc) is 3.84. The quantitative estimate of drug-likeness (QED) is 0.164.